The van der Waals surface area contributed by atoms with Crippen molar-refractivity contribution < 1.29 is 9.47 Å². The Hall–Kier alpha value is -2.12. The molecule has 1 aromatic heterocycles. The van der Waals surface area contributed by atoms with Gasteiger partial charge in [0.25, 0.3) is 0 Å². The van der Waals surface area contributed by atoms with Gasteiger partial charge in [-0.3, -0.25) is 4.90 Å². The average Bonchev–Trinajstić information content (AvgIpc) is 3.56. The molecule has 7 nitrogen and oxygen atoms in total. The summed E-state index contributed by atoms with van der Waals surface area (Å²) in [4.78, 5) is 16.8. The monoisotopic (exact) mass is 439 g/mol. The summed E-state index contributed by atoms with van der Waals surface area (Å²) in [7, 11) is 1.71. The Labute approximate surface area is 191 Å². The summed E-state index contributed by atoms with van der Waals surface area (Å²) in [5.41, 5.74) is 0.920. The van der Waals surface area contributed by atoms with Crippen molar-refractivity contribution in [2.75, 3.05) is 64.4 Å². The van der Waals surface area contributed by atoms with Gasteiger partial charge >= 0.3 is 0 Å². The van der Waals surface area contributed by atoms with Crippen LogP contribution in [0.3, 0.4) is 0 Å². The number of rotatable bonds is 8. The molecule has 0 amide bonds. The van der Waals surface area contributed by atoms with E-state index >= 15 is 0 Å². The number of ether oxygens (including phenoxy) is 2. The second-order valence-electron chi connectivity index (χ2n) is 9.43. The second kappa shape index (κ2) is 10.2. The average molecular weight is 440 g/mol. The molecule has 3 fully saturated rings. The highest BCUT2D eigenvalue weighted by Crippen LogP contribution is 2.35. The maximum Gasteiger partial charge on any atom is 0.163 e. The van der Waals surface area contributed by atoms with Crippen molar-refractivity contribution >= 4 is 16.7 Å². The van der Waals surface area contributed by atoms with Gasteiger partial charge in [-0.15, -0.1) is 0 Å². The van der Waals surface area contributed by atoms with Crippen molar-refractivity contribution in [1.29, 1.82) is 0 Å². The normalized spacial score (nSPS) is 21.0. The molecule has 2 aliphatic heterocycles. The molecule has 0 N–H and O–H groups in total. The van der Waals surface area contributed by atoms with Crippen LogP contribution < -0.4 is 14.4 Å². The van der Waals surface area contributed by atoms with Gasteiger partial charge in [0.05, 0.1) is 19.2 Å². The minimum atomic E-state index is 0.694. The second-order valence-corrected chi connectivity index (χ2v) is 9.43. The molecule has 32 heavy (non-hydrogen) atoms. The molecule has 0 radical (unpaired) electrons. The Morgan fingerprint density at radius 3 is 2.44 bits per heavy atom. The highest BCUT2D eigenvalue weighted by Gasteiger charge is 2.27. The van der Waals surface area contributed by atoms with E-state index in [9.17, 15) is 0 Å². The number of methoxy groups -OCH3 is 1. The van der Waals surface area contributed by atoms with Crippen molar-refractivity contribution in [1.82, 2.24) is 19.8 Å². The third-order valence-electron chi connectivity index (χ3n) is 7.43. The van der Waals surface area contributed by atoms with E-state index in [1.165, 1.54) is 51.6 Å². The van der Waals surface area contributed by atoms with Crippen LogP contribution in [0.4, 0.5) is 5.82 Å². The SMILES string of the molecule is COc1cc2c(N3CCN(C4CCCC4)CC3)ncnc2cc1OCCCN1CCCC1. The van der Waals surface area contributed by atoms with E-state index in [4.69, 9.17) is 9.47 Å². The molecule has 7 heteroatoms. The molecule has 1 aromatic carbocycles. The lowest BCUT2D eigenvalue weighted by Gasteiger charge is -2.38. The lowest BCUT2D eigenvalue weighted by molar-refractivity contribution is 0.187. The number of likely N-dealkylation sites (tertiary alicyclic amines) is 1. The number of benzene rings is 1. The molecule has 174 valence electrons. The molecule has 1 aliphatic carbocycles. The lowest BCUT2D eigenvalue weighted by Crippen LogP contribution is -2.50. The Morgan fingerprint density at radius 2 is 1.69 bits per heavy atom. The standard InChI is InChI=1S/C25H37N5O2/c1-31-23-17-21-22(18-24(23)32-16-6-11-28-9-4-5-10-28)26-19-27-25(21)30-14-12-29(13-15-30)20-7-2-3-8-20/h17-20H,2-16H2,1H3. The van der Waals surface area contributed by atoms with Crippen LogP contribution in [0.5, 0.6) is 11.5 Å². The fraction of sp³-hybridized carbons (Fsp3) is 0.680. The van der Waals surface area contributed by atoms with Gasteiger partial charge in [0.2, 0.25) is 0 Å². The molecule has 3 heterocycles. The summed E-state index contributed by atoms with van der Waals surface area (Å²) >= 11 is 0. The van der Waals surface area contributed by atoms with Gasteiger partial charge in [0.15, 0.2) is 11.5 Å². The Balaban J connectivity index is 1.26. The third-order valence-corrected chi connectivity index (χ3v) is 7.43. The zero-order valence-electron chi connectivity index (χ0n) is 19.5. The predicted octanol–water partition coefficient (Wildman–Crippen LogP) is 3.57. The number of aromatic nitrogens is 2. The fourth-order valence-electron chi connectivity index (χ4n) is 5.62. The van der Waals surface area contributed by atoms with E-state index in [0.29, 0.717) is 6.61 Å². The first-order chi connectivity index (χ1) is 15.8. The number of anilines is 1. The van der Waals surface area contributed by atoms with Crippen LogP contribution in [0.25, 0.3) is 10.9 Å². The molecular formula is C25H37N5O2. The molecule has 2 aromatic rings. The highest BCUT2D eigenvalue weighted by atomic mass is 16.5. The maximum atomic E-state index is 6.12. The minimum absolute atomic E-state index is 0.694. The van der Waals surface area contributed by atoms with E-state index in [1.54, 1.807) is 13.4 Å². The zero-order valence-corrected chi connectivity index (χ0v) is 19.5. The van der Waals surface area contributed by atoms with Crippen molar-refractivity contribution in [2.24, 2.45) is 0 Å². The van der Waals surface area contributed by atoms with E-state index in [2.05, 4.69) is 30.7 Å². The third kappa shape index (κ3) is 4.79. The van der Waals surface area contributed by atoms with Crippen LogP contribution in [0.15, 0.2) is 18.5 Å². The number of hydrogen-bond donors (Lipinski definition) is 0. The Bertz CT molecular complexity index is 887. The van der Waals surface area contributed by atoms with Crippen LogP contribution in [0, 0.1) is 0 Å². The number of fused-ring (bicyclic) bond motifs is 1. The molecule has 5 rings (SSSR count). The summed E-state index contributed by atoms with van der Waals surface area (Å²) in [5.74, 6) is 2.55. The van der Waals surface area contributed by atoms with Gasteiger partial charge in [-0.1, -0.05) is 12.8 Å². The van der Waals surface area contributed by atoms with Gasteiger partial charge < -0.3 is 19.3 Å². The van der Waals surface area contributed by atoms with Gasteiger partial charge in [0.1, 0.15) is 12.1 Å². The first kappa shape index (κ1) is 21.7. The Morgan fingerprint density at radius 1 is 0.906 bits per heavy atom. The molecule has 3 aliphatic rings. The Kier molecular flexibility index (Phi) is 6.93. The summed E-state index contributed by atoms with van der Waals surface area (Å²) in [6.45, 7) is 8.52. The number of hydrogen-bond acceptors (Lipinski definition) is 7. The lowest BCUT2D eigenvalue weighted by atomic mass is 10.1. The largest absolute Gasteiger partial charge is 0.493 e. The van der Waals surface area contributed by atoms with E-state index in [1.807, 2.05) is 6.07 Å². The van der Waals surface area contributed by atoms with Crippen LogP contribution in [0.1, 0.15) is 44.9 Å². The van der Waals surface area contributed by atoms with Crippen molar-refractivity contribution in [2.45, 2.75) is 51.0 Å². The molecule has 0 unspecified atom stereocenters. The smallest absolute Gasteiger partial charge is 0.163 e. The van der Waals surface area contributed by atoms with Gasteiger partial charge in [-0.25, -0.2) is 9.97 Å². The minimum Gasteiger partial charge on any atom is -0.493 e. The summed E-state index contributed by atoms with van der Waals surface area (Å²) < 4.78 is 11.8. The quantitative estimate of drug-likeness (QED) is 0.583. The molecule has 0 atom stereocenters. The van der Waals surface area contributed by atoms with E-state index < -0.39 is 0 Å². The topological polar surface area (TPSA) is 54.0 Å². The molecule has 0 bridgehead atoms. The maximum absolute atomic E-state index is 6.12. The van der Waals surface area contributed by atoms with Gasteiger partial charge in [-0.2, -0.15) is 0 Å². The fourth-order valence-corrected chi connectivity index (χ4v) is 5.62. The van der Waals surface area contributed by atoms with Crippen LogP contribution in [-0.4, -0.2) is 85.3 Å². The van der Waals surface area contributed by atoms with E-state index in [-0.39, 0.29) is 0 Å². The summed E-state index contributed by atoms with van der Waals surface area (Å²) in [6, 6.07) is 4.87. The van der Waals surface area contributed by atoms with Crippen LogP contribution in [-0.2, 0) is 0 Å². The summed E-state index contributed by atoms with van der Waals surface area (Å²) in [6.07, 6.45) is 10.9. The molecular weight excluding hydrogens is 402 g/mol. The van der Waals surface area contributed by atoms with Crippen molar-refractivity contribution in [3.05, 3.63) is 18.5 Å². The van der Waals surface area contributed by atoms with Crippen LogP contribution in [0.2, 0.25) is 0 Å². The zero-order chi connectivity index (χ0) is 21.8. The first-order valence-electron chi connectivity index (χ1n) is 12.5. The van der Waals surface area contributed by atoms with Crippen molar-refractivity contribution in [3.8, 4) is 11.5 Å². The number of piperazine rings is 1. The van der Waals surface area contributed by atoms with Gasteiger partial charge in [0, 0.05) is 50.2 Å². The summed E-state index contributed by atoms with van der Waals surface area (Å²) in [5, 5.41) is 1.04. The van der Waals surface area contributed by atoms with E-state index in [0.717, 1.165) is 73.4 Å². The highest BCUT2D eigenvalue weighted by molar-refractivity contribution is 5.92. The van der Waals surface area contributed by atoms with Crippen LogP contribution >= 0.6 is 0 Å². The van der Waals surface area contributed by atoms with Crippen molar-refractivity contribution in [3.63, 3.8) is 0 Å². The first-order valence-corrected chi connectivity index (χ1v) is 12.5. The number of nitrogens with zero attached hydrogens (tertiary/aromatic N) is 5. The van der Waals surface area contributed by atoms with Gasteiger partial charge in [-0.05, 0) is 51.3 Å². The molecule has 2 saturated heterocycles. The predicted molar refractivity (Wildman–Crippen MR) is 128 cm³/mol. The molecule has 1 saturated carbocycles. The molecule has 0 spiro atoms.